The highest BCUT2D eigenvalue weighted by Gasteiger charge is 2.32. The van der Waals surface area contributed by atoms with E-state index in [4.69, 9.17) is 11.6 Å². The van der Waals surface area contributed by atoms with Gasteiger partial charge >= 0.3 is 0 Å². The second kappa shape index (κ2) is 7.81. The molecule has 0 aromatic heterocycles. The fraction of sp³-hybridized carbons (Fsp3) is 1.00. The van der Waals surface area contributed by atoms with Crippen molar-refractivity contribution in [2.45, 2.75) is 51.5 Å². The lowest BCUT2D eigenvalue weighted by atomic mass is 9.85. The largest absolute Gasteiger partial charge is 0.281 e. The summed E-state index contributed by atoms with van der Waals surface area (Å²) < 4.78 is 27.8. The topological polar surface area (TPSA) is 40.6 Å². The number of nitrogens with zero attached hydrogens (tertiary/aromatic N) is 2. The first kappa shape index (κ1) is 17.2. The molecule has 0 saturated heterocycles. The van der Waals surface area contributed by atoms with Gasteiger partial charge in [-0.05, 0) is 38.0 Å². The predicted molar refractivity (Wildman–Crippen MR) is 80.7 cm³/mol. The van der Waals surface area contributed by atoms with Gasteiger partial charge in [-0.15, -0.1) is 11.6 Å². The Morgan fingerprint density at radius 1 is 1.16 bits per heavy atom. The van der Waals surface area contributed by atoms with E-state index in [2.05, 4.69) is 6.92 Å². The van der Waals surface area contributed by atoms with Gasteiger partial charge < -0.3 is 0 Å². The molecule has 1 rings (SSSR count). The first-order chi connectivity index (χ1) is 8.93. The summed E-state index contributed by atoms with van der Waals surface area (Å²) >= 11 is 5.62. The summed E-state index contributed by atoms with van der Waals surface area (Å²) in [6, 6.07) is 0.159. The Bertz CT molecular complexity index is 354. The first-order valence-electron chi connectivity index (χ1n) is 7.18. The minimum absolute atomic E-state index is 0.159. The third-order valence-corrected chi connectivity index (χ3v) is 6.54. The zero-order valence-electron chi connectivity index (χ0n) is 12.3. The van der Waals surface area contributed by atoms with Gasteiger partial charge in [-0.1, -0.05) is 13.3 Å². The number of rotatable bonds is 7. The summed E-state index contributed by atoms with van der Waals surface area (Å²) in [4.78, 5) is 0. The summed E-state index contributed by atoms with van der Waals surface area (Å²) in [5, 5.41) is 0. The quantitative estimate of drug-likeness (QED) is 0.678. The van der Waals surface area contributed by atoms with Gasteiger partial charge in [-0.3, -0.25) is 0 Å². The molecule has 19 heavy (non-hydrogen) atoms. The van der Waals surface area contributed by atoms with Crippen LogP contribution in [0, 0.1) is 5.92 Å². The van der Waals surface area contributed by atoms with Gasteiger partial charge in [0.25, 0.3) is 10.2 Å². The number of hydrogen-bond donors (Lipinski definition) is 0. The van der Waals surface area contributed by atoms with Crippen LogP contribution in [0.1, 0.15) is 45.4 Å². The van der Waals surface area contributed by atoms with Crippen LogP contribution in [0.25, 0.3) is 0 Å². The fourth-order valence-electron chi connectivity index (χ4n) is 2.72. The smallest absolute Gasteiger partial charge is 0.195 e. The molecule has 0 aromatic rings. The van der Waals surface area contributed by atoms with Crippen LogP contribution in [0.15, 0.2) is 0 Å². The molecule has 0 heterocycles. The van der Waals surface area contributed by atoms with E-state index < -0.39 is 10.2 Å². The molecule has 0 unspecified atom stereocenters. The van der Waals surface area contributed by atoms with E-state index in [1.807, 2.05) is 0 Å². The van der Waals surface area contributed by atoms with Crippen molar-refractivity contribution in [3.8, 4) is 0 Å². The van der Waals surface area contributed by atoms with Crippen LogP contribution in [0.4, 0.5) is 0 Å². The van der Waals surface area contributed by atoms with E-state index in [0.717, 1.165) is 31.6 Å². The Kier molecular flexibility index (Phi) is 7.08. The van der Waals surface area contributed by atoms with Gasteiger partial charge in [0, 0.05) is 32.6 Å². The van der Waals surface area contributed by atoms with Gasteiger partial charge in [0.05, 0.1) is 0 Å². The third kappa shape index (κ3) is 4.59. The molecule has 1 aliphatic rings. The van der Waals surface area contributed by atoms with Gasteiger partial charge in [-0.25, -0.2) is 0 Å². The van der Waals surface area contributed by atoms with Gasteiger partial charge in [-0.2, -0.15) is 17.0 Å². The number of alkyl halides is 1. The Hall–Kier alpha value is 0.160. The van der Waals surface area contributed by atoms with Crippen molar-refractivity contribution < 1.29 is 8.42 Å². The molecule has 6 heteroatoms. The average Bonchev–Trinajstić information content (AvgIpc) is 2.43. The maximum atomic E-state index is 12.4. The molecule has 0 bridgehead atoms. The van der Waals surface area contributed by atoms with E-state index in [0.29, 0.717) is 18.8 Å². The Morgan fingerprint density at radius 2 is 1.74 bits per heavy atom. The normalized spacial score (nSPS) is 25.2. The van der Waals surface area contributed by atoms with Gasteiger partial charge in [0.15, 0.2) is 0 Å². The third-order valence-electron chi connectivity index (χ3n) is 4.27. The van der Waals surface area contributed by atoms with Crippen molar-refractivity contribution in [2.24, 2.45) is 5.92 Å². The molecule has 0 amide bonds. The summed E-state index contributed by atoms with van der Waals surface area (Å²) in [5.41, 5.74) is 0. The highest BCUT2D eigenvalue weighted by molar-refractivity contribution is 7.86. The summed E-state index contributed by atoms with van der Waals surface area (Å²) in [7, 11) is 0.0197. The highest BCUT2D eigenvalue weighted by atomic mass is 35.5. The molecule has 0 N–H and O–H groups in total. The fourth-order valence-corrected chi connectivity index (χ4v) is 4.23. The lowest BCUT2D eigenvalue weighted by molar-refractivity contribution is 0.224. The Morgan fingerprint density at radius 3 is 2.21 bits per heavy atom. The zero-order valence-corrected chi connectivity index (χ0v) is 13.9. The van der Waals surface area contributed by atoms with Crippen LogP contribution in [-0.2, 0) is 10.2 Å². The molecule has 1 aliphatic carbocycles. The number of hydrogen-bond acceptors (Lipinski definition) is 2. The van der Waals surface area contributed by atoms with Crippen molar-refractivity contribution in [1.82, 2.24) is 8.61 Å². The lowest BCUT2D eigenvalue weighted by Crippen LogP contribution is -2.46. The molecule has 1 saturated carbocycles. The second-order valence-electron chi connectivity index (χ2n) is 5.47. The Balaban J connectivity index is 2.58. The monoisotopic (exact) mass is 310 g/mol. The van der Waals surface area contributed by atoms with Crippen LogP contribution in [0.3, 0.4) is 0 Å². The van der Waals surface area contributed by atoms with Crippen LogP contribution < -0.4 is 0 Å². The molecular weight excluding hydrogens is 284 g/mol. The van der Waals surface area contributed by atoms with Gasteiger partial charge in [0.2, 0.25) is 0 Å². The van der Waals surface area contributed by atoms with E-state index in [-0.39, 0.29) is 6.04 Å². The molecular formula is C13H27ClN2O2S. The summed E-state index contributed by atoms with van der Waals surface area (Å²) in [6.07, 6.45) is 6.15. The molecule has 4 nitrogen and oxygen atoms in total. The molecule has 1 fully saturated rings. The number of halogens is 1. The molecule has 0 atom stereocenters. The molecule has 0 radical (unpaired) electrons. The van der Waals surface area contributed by atoms with Crippen molar-refractivity contribution in [1.29, 1.82) is 0 Å². The van der Waals surface area contributed by atoms with E-state index in [1.165, 1.54) is 10.7 Å². The minimum Gasteiger partial charge on any atom is -0.195 e. The summed E-state index contributed by atoms with van der Waals surface area (Å²) in [6.45, 7) is 2.70. The summed E-state index contributed by atoms with van der Waals surface area (Å²) in [5.74, 6) is 1.27. The van der Waals surface area contributed by atoms with E-state index >= 15 is 0 Å². The van der Waals surface area contributed by atoms with Gasteiger partial charge in [0.1, 0.15) is 0 Å². The maximum Gasteiger partial charge on any atom is 0.281 e. The molecule has 0 spiro atoms. The molecule has 0 aromatic carbocycles. The Labute approximate surface area is 123 Å². The highest BCUT2D eigenvalue weighted by Crippen LogP contribution is 2.30. The van der Waals surface area contributed by atoms with Crippen LogP contribution >= 0.6 is 11.6 Å². The lowest BCUT2D eigenvalue weighted by Gasteiger charge is -2.35. The van der Waals surface area contributed by atoms with Crippen LogP contribution in [0.5, 0.6) is 0 Å². The molecule has 0 aliphatic heterocycles. The first-order valence-corrected chi connectivity index (χ1v) is 9.11. The molecule has 114 valence electrons. The predicted octanol–water partition coefficient (Wildman–Crippen LogP) is 2.69. The van der Waals surface area contributed by atoms with E-state index in [9.17, 15) is 8.42 Å². The average molecular weight is 311 g/mol. The van der Waals surface area contributed by atoms with Crippen molar-refractivity contribution in [2.75, 3.05) is 26.5 Å². The van der Waals surface area contributed by atoms with Crippen molar-refractivity contribution >= 4 is 21.8 Å². The SMILES string of the molecule is CCC1CCC(N(C)S(=O)(=O)N(C)CCCCl)CC1. The van der Waals surface area contributed by atoms with Crippen molar-refractivity contribution in [3.05, 3.63) is 0 Å². The van der Waals surface area contributed by atoms with Crippen LogP contribution in [-0.4, -0.2) is 49.6 Å². The van der Waals surface area contributed by atoms with Crippen LogP contribution in [0.2, 0.25) is 0 Å². The maximum absolute atomic E-state index is 12.4. The minimum atomic E-state index is -3.33. The van der Waals surface area contributed by atoms with E-state index in [1.54, 1.807) is 18.4 Å². The second-order valence-corrected chi connectivity index (χ2v) is 7.94. The van der Waals surface area contributed by atoms with Crippen molar-refractivity contribution in [3.63, 3.8) is 0 Å². The standard InChI is InChI=1S/C13H27ClN2O2S/c1-4-12-6-8-13(9-7-12)16(3)19(17,18)15(2)11-5-10-14/h12-13H,4-11H2,1-3H3. The zero-order chi connectivity index (χ0) is 14.5.